The predicted molar refractivity (Wildman–Crippen MR) is 35.6 cm³/mol. The van der Waals surface area contributed by atoms with E-state index in [0.717, 1.165) is 5.92 Å². The fourth-order valence-electron chi connectivity index (χ4n) is 1.23. The summed E-state index contributed by atoms with van der Waals surface area (Å²) in [6.45, 7) is 8.79. The van der Waals surface area contributed by atoms with E-state index in [9.17, 15) is 0 Å². The molecule has 0 amide bonds. The quantitative estimate of drug-likeness (QED) is 0.372. The van der Waals surface area contributed by atoms with Gasteiger partial charge in [0.15, 0.2) is 0 Å². The Morgan fingerprint density at radius 3 is 2.00 bits per heavy atom. The Kier molecular flexibility index (Phi) is 1.31. The Labute approximate surface area is 51.9 Å². The van der Waals surface area contributed by atoms with Crippen molar-refractivity contribution in [3.8, 4) is 0 Å². The summed E-state index contributed by atoms with van der Waals surface area (Å²) in [6, 6.07) is 0. The second-order valence-electron chi connectivity index (χ2n) is 3.64. The first-order valence-corrected chi connectivity index (χ1v) is 3.46. The maximum Gasteiger partial charge on any atom is 0.128 e. The molecule has 0 unspecified atom stereocenters. The Balaban J connectivity index is 2.19. The molecule has 0 atom stereocenters. The number of hydrogen-bond acceptors (Lipinski definition) is 0. The van der Waals surface area contributed by atoms with Gasteiger partial charge in [0, 0.05) is 5.92 Å². The molecule has 1 rings (SSSR count). The topological polar surface area (TPSA) is 0 Å². The average molecular weight is 114 g/mol. The largest absolute Gasteiger partial charge is 0.317 e. The lowest BCUT2D eigenvalue weighted by atomic mass is 10.2. The van der Waals surface area contributed by atoms with Crippen molar-refractivity contribution in [2.45, 2.75) is 13.8 Å². The highest BCUT2D eigenvalue weighted by atomic mass is 15.4. The van der Waals surface area contributed by atoms with Crippen molar-refractivity contribution in [2.24, 2.45) is 5.92 Å². The van der Waals surface area contributed by atoms with Gasteiger partial charge in [0.25, 0.3) is 0 Å². The summed E-state index contributed by atoms with van der Waals surface area (Å²) in [5.41, 5.74) is 0. The van der Waals surface area contributed by atoms with E-state index in [1.807, 2.05) is 0 Å². The van der Waals surface area contributed by atoms with Crippen molar-refractivity contribution in [3.63, 3.8) is 0 Å². The van der Waals surface area contributed by atoms with Crippen LogP contribution >= 0.6 is 0 Å². The van der Waals surface area contributed by atoms with Gasteiger partial charge in [0.05, 0.1) is 13.6 Å². The molecule has 1 aliphatic heterocycles. The van der Waals surface area contributed by atoms with Crippen molar-refractivity contribution in [1.82, 2.24) is 0 Å². The molecule has 0 aromatic heterocycles. The molecule has 0 N–H and O–H groups in total. The molecule has 8 heavy (non-hydrogen) atoms. The van der Waals surface area contributed by atoms with Gasteiger partial charge in [-0.25, -0.2) is 0 Å². The summed E-state index contributed by atoms with van der Waals surface area (Å²) in [7, 11) is 2.33. The SMILES string of the molecule is CC(C)C[N+]1(C)CC1. The number of quaternary nitrogens is 1. The van der Waals surface area contributed by atoms with Crippen molar-refractivity contribution >= 4 is 0 Å². The minimum Gasteiger partial charge on any atom is -0.317 e. The Bertz CT molecular complexity index is 82.4. The smallest absolute Gasteiger partial charge is 0.128 e. The van der Waals surface area contributed by atoms with Crippen LogP contribution in [0.4, 0.5) is 0 Å². The lowest BCUT2D eigenvalue weighted by Crippen LogP contribution is -2.24. The maximum absolute atomic E-state index is 2.33. The van der Waals surface area contributed by atoms with Gasteiger partial charge in [0.1, 0.15) is 13.1 Å². The van der Waals surface area contributed by atoms with E-state index in [1.165, 1.54) is 24.1 Å². The molecule has 0 spiro atoms. The molecule has 0 bridgehead atoms. The van der Waals surface area contributed by atoms with Crippen LogP contribution in [0.25, 0.3) is 0 Å². The molecule has 0 aromatic carbocycles. The molecule has 1 nitrogen and oxygen atoms in total. The Hall–Kier alpha value is -0.0400. The molecule has 1 fully saturated rings. The van der Waals surface area contributed by atoms with Crippen LogP contribution < -0.4 is 0 Å². The van der Waals surface area contributed by atoms with Crippen LogP contribution in [-0.4, -0.2) is 31.2 Å². The zero-order valence-corrected chi connectivity index (χ0v) is 6.15. The molecule has 1 heterocycles. The monoisotopic (exact) mass is 114 g/mol. The van der Waals surface area contributed by atoms with E-state index in [1.54, 1.807) is 0 Å². The van der Waals surface area contributed by atoms with E-state index >= 15 is 0 Å². The van der Waals surface area contributed by atoms with Crippen LogP contribution in [0.3, 0.4) is 0 Å². The normalized spacial score (nSPS) is 24.0. The number of hydrogen-bond donors (Lipinski definition) is 0. The van der Waals surface area contributed by atoms with E-state index in [4.69, 9.17) is 0 Å². The minimum absolute atomic E-state index is 0.877. The van der Waals surface area contributed by atoms with Gasteiger partial charge in [0.2, 0.25) is 0 Å². The Morgan fingerprint density at radius 1 is 1.38 bits per heavy atom. The molecule has 48 valence electrons. The third-order valence-corrected chi connectivity index (χ3v) is 1.79. The predicted octanol–water partition coefficient (Wildman–Crippen LogP) is 1.10. The number of rotatable bonds is 2. The molecule has 0 radical (unpaired) electrons. The van der Waals surface area contributed by atoms with Gasteiger partial charge in [-0.3, -0.25) is 0 Å². The summed E-state index contributed by atoms with van der Waals surface area (Å²) >= 11 is 0. The first-order valence-electron chi connectivity index (χ1n) is 3.46. The fourth-order valence-corrected chi connectivity index (χ4v) is 1.23. The standard InChI is InChI=1S/C7H16N/c1-7(2)6-8(3)4-5-8/h7H,4-6H2,1-3H3/q+1. The molecular formula is C7H16N+. The van der Waals surface area contributed by atoms with Crippen LogP contribution in [0.15, 0.2) is 0 Å². The van der Waals surface area contributed by atoms with Crippen LogP contribution in [0, 0.1) is 5.92 Å². The van der Waals surface area contributed by atoms with E-state index in [-0.39, 0.29) is 0 Å². The van der Waals surface area contributed by atoms with Gasteiger partial charge < -0.3 is 4.48 Å². The Morgan fingerprint density at radius 2 is 1.88 bits per heavy atom. The van der Waals surface area contributed by atoms with Gasteiger partial charge in [-0.2, -0.15) is 0 Å². The van der Waals surface area contributed by atoms with E-state index < -0.39 is 0 Å². The summed E-state index contributed by atoms with van der Waals surface area (Å²) < 4.78 is 1.33. The van der Waals surface area contributed by atoms with Crippen LogP contribution in [0.5, 0.6) is 0 Å². The summed E-state index contributed by atoms with van der Waals surface area (Å²) in [4.78, 5) is 0. The minimum atomic E-state index is 0.877. The second-order valence-corrected chi connectivity index (χ2v) is 3.64. The highest BCUT2D eigenvalue weighted by Crippen LogP contribution is 2.18. The first kappa shape index (κ1) is 6.09. The maximum atomic E-state index is 2.33. The third-order valence-electron chi connectivity index (χ3n) is 1.79. The van der Waals surface area contributed by atoms with Gasteiger partial charge in [-0.1, -0.05) is 13.8 Å². The van der Waals surface area contributed by atoms with Crippen LogP contribution in [0.1, 0.15) is 13.8 Å². The number of nitrogens with zero attached hydrogens (tertiary/aromatic N) is 1. The summed E-state index contributed by atoms with van der Waals surface area (Å²) in [5, 5.41) is 0. The van der Waals surface area contributed by atoms with Crippen LogP contribution in [0.2, 0.25) is 0 Å². The molecule has 0 saturated carbocycles. The van der Waals surface area contributed by atoms with E-state index in [0.29, 0.717) is 0 Å². The molecule has 1 aliphatic rings. The van der Waals surface area contributed by atoms with Crippen molar-refractivity contribution in [1.29, 1.82) is 0 Å². The van der Waals surface area contributed by atoms with Crippen molar-refractivity contribution < 1.29 is 4.48 Å². The molecule has 1 heteroatoms. The molecule has 0 aromatic rings. The van der Waals surface area contributed by atoms with Gasteiger partial charge >= 0.3 is 0 Å². The molecule has 0 aliphatic carbocycles. The molecular weight excluding hydrogens is 98.1 g/mol. The highest BCUT2D eigenvalue weighted by Gasteiger charge is 2.36. The van der Waals surface area contributed by atoms with Gasteiger partial charge in [-0.15, -0.1) is 0 Å². The van der Waals surface area contributed by atoms with E-state index in [2.05, 4.69) is 20.9 Å². The van der Waals surface area contributed by atoms with Gasteiger partial charge in [-0.05, 0) is 0 Å². The first-order chi connectivity index (χ1) is 3.62. The lowest BCUT2D eigenvalue weighted by Gasteiger charge is -2.13. The average Bonchev–Trinajstić information content (AvgIpc) is 2.17. The fraction of sp³-hybridized carbons (Fsp3) is 1.00. The number of likely N-dealkylation sites (N-methyl/N-ethyl adjacent to an activating group) is 1. The third kappa shape index (κ3) is 1.48. The highest BCUT2D eigenvalue weighted by molar-refractivity contribution is 4.54. The summed E-state index contributed by atoms with van der Waals surface area (Å²) in [6.07, 6.45) is 0. The lowest BCUT2D eigenvalue weighted by molar-refractivity contribution is -0.780. The second kappa shape index (κ2) is 1.73. The van der Waals surface area contributed by atoms with Crippen molar-refractivity contribution in [2.75, 3.05) is 26.7 Å². The zero-order chi connectivity index (χ0) is 6.20. The molecule has 1 saturated heterocycles. The summed E-state index contributed by atoms with van der Waals surface area (Å²) in [5.74, 6) is 0.877. The van der Waals surface area contributed by atoms with Crippen LogP contribution in [-0.2, 0) is 0 Å². The van der Waals surface area contributed by atoms with Crippen molar-refractivity contribution in [3.05, 3.63) is 0 Å². The zero-order valence-electron chi connectivity index (χ0n) is 6.15.